The SMILES string of the molecule is CCCC1(C(=O)O)CC2CC1C1C3C=CC(C3)C21. The first-order valence-corrected chi connectivity index (χ1v) is 7.59. The lowest BCUT2D eigenvalue weighted by Gasteiger charge is -2.43. The minimum Gasteiger partial charge on any atom is -0.481 e. The Labute approximate surface area is 108 Å². The number of hydrogen-bond donors (Lipinski definition) is 1. The van der Waals surface area contributed by atoms with Crippen LogP contribution < -0.4 is 0 Å². The van der Waals surface area contributed by atoms with Crippen molar-refractivity contribution in [1.82, 2.24) is 0 Å². The van der Waals surface area contributed by atoms with Crippen LogP contribution in [-0.2, 0) is 4.79 Å². The lowest BCUT2D eigenvalue weighted by molar-refractivity contribution is -0.156. The molecule has 2 heteroatoms. The molecule has 4 aliphatic carbocycles. The lowest BCUT2D eigenvalue weighted by Crippen LogP contribution is -2.44. The van der Waals surface area contributed by atoms with Crippen LogP contribution in [0.4, 0.5) is 0 Å². The summed E-state index contributed by atoms with van der Waals surface area (Å²) in [6, 6.07) is 0. The second kappa shape index (κ2) is 3.40. The number of carboxylic acid groups (broad SMARTS) is 1. The third-order valence-corrected chi connectivity index (χ3v) is 6.61. The Morgan fingerprint density at radius 3 is 2.67 bits per heavy atom. The summed E-state index contributed by atoms with van der Waals surface area (Å²) >= 11 is 0. The summed E-state index contributed by atoms with van der Waals surface area (Å²) in [7, 11) is 0. The van der Waals surface area contributed by atoms with Crippen molar-refractivity contribution in [2.24, 2.45) is 40.9 Å². The summed E-state index contributed by atoms with van der Waals surface area (Å²) in [5.41, 5.74) is -0.362. The van der Waals surface area contributed by atoms with Gasteiger partial charge in [0, 0.05) is 0 Å². The molecule has 98 valence electrons. The minimum absolute atomic E-state index is 0.362. The van der Waals surface area contributed by atoms with Gasteiger partial charge in [-0.2, -0.15) is 0 Å². The van der Waals surface area contributed by atoms with Crippen molar-refractivity contribution < 1.29 is 9.90 Å². The predicted molar refractivity (Wildman–Crippen MR) is 68.9 cm³/mol. The van der Waals surface area contributed by atoms with Crippen LogP contribution in [-0.4, -0.2) is 11.1 Å². The van der Waals surface area contributed by atoms with Gasteiger partial charge in [0.05, 0.1) is 5.41 Å². The van der Waals surface area contributed by atoms with Crippen LogP contribution in [0.5, 0.6) is 0 Å². The molecule has 7 unspecified atom stereocenters. The molecule has 3 fully saturated rings. The number of hydrogen-bond acceptors (Lipinski definition) is 1. The average molecular weight is 246 g/mol. The van der Waals surface area contributed by atoms with Crippen LogP contribution in [0.3, 0.4) is 0 Å². The highest BCUT2D eigenvalue weighted by atomic mass is 16.4. The fourth-order valence-corrected chi connectivity index (χ4v) is 6.29. The second-order valence-corrected chi connectivity index (χ2v) is 7.12. The van der Waals surface area contributed by atoms with Gasteiger partial charge in [0.1, 0.15) is 0 Å². The smallest absolute Gasteiger partial charge is 0.309 e. The van der Waals surface area contributed by atoms with E-state index >= 15 is 0 Å². The van der Waals surface area contributed by atoms with E-state index in [9.17, 15) is 9.90 Å². The fraction of sp³-hybridized carbons (Fsp3) is 0.812. The van der Waals surface area contributed by atoms with E-state index in [4.69, 9.17) is 0 Å². The molecule has 3 saturated carbocycles. The van der Waals surface area contributed by atoms with E-state index in [1.807, 2.05) is 0 Å². The van der Waals surface area contributed by atoms with Gasteiger partial charge in [0.25, 0.3) is 0 Å². The van der Waals surface area contributed by atoms with Crippen molar-refractivity contribution in [2.45, 2.75) is 39.0 Å². The molecular formula is C16H22O2. The Hall–Kier alpha value is -0.790. The van der Waals surface area contributed by atoms with Crippen molar-refractivity contribution in [3.8, 4) is 0 Å². The molecule has 0 aliphatic heterocycles. The summed E-state index contributed by atoms with van der Waals surface area (Å²) in [4.78, 5) is 11.9. The summed E-state index contributed by atoms with van der Waals surface area (Å²) in [6.45, 7) is 2.13. The zero-order valence-electron chi connectivity index (χ0n) is 11.0. The molecule has 0 aromatic rings. The monoisotopic (exact) mass is 246 g/mol. The average Bonchev–Trinajstić information content (AvgIpc) is 3.06. The number of carboxylic acids is 1. The van der Waals surface area contributed by atoms with Gasteiger partial charge >= 0.3 is 5.97 Å². The molecular weight excluding hydrogens is 224 g/mol. The second-order valence-electron chi connectivity index (χ2n) is 7.12. The molecule has 0 saturated heterocycles. The number of fused-ring (bicyclic) bond motifs is 9. The molecule has 0 spiro atoms. The molecule has 7 atom stereocenters. The van der Waals surface area contributed by atoms with Gasteiger partial charge in [-0.15, -0.1) is 0 Å². The Morgan fingerprint density at radius 2 is 2.00 bits per heavy atom. The zero-order valence-corrected chi connectivity index (χ0v) is 11.0. The maximum Gasteiger partial charge on any atom is 0.309 e. The van der Waals surface area contributed by atoms with Crippen LogP contribution >= 0.6 is 0 Å². The molecule has 0 amide bonds. The standard InChI is InChI=1S/C16H22O2/c1-2-5-16(15(17)18)8-11-7-12(16)14-10-4-3-9(6-10)13(11)14/h3-4,9-14H,2,5-8H2,1H3,(H,17,18). The van der Waals surface area contributed by atoms with Crippen LogP contribution in [0, 0.1) is 40.9 Å². The molecule has 1 N–H and O–H groups in total. The van der Waals surface area contributed by atoms with E-state index in [1.165, 1.54) is 12.8 Å². The molecule has 0 aromatic heterocycles. The number of allylic oxidation sites excluding steroid dienone is 2. The quantitative estimate of drug-likeness (QED) is 0.612. The topological polar surface area (TPSA) is 37.3 Å². The summed E-state index contributed by atoms with van der Waals surface area (Å²) in [5, 5.41) is 9.79. The molecule has 0 aromatic carbocycles. The van der Waals surface area contributed by atoms with Gasteiger partial charge in [-0.1, -0.05) is 25.5 Å². The fourth-order valence-electron chi connectivity index (χ4n) is 6.29. The van der Waals surface area contributed by atoms with Crippen molar-refractivity contribution >= 4 is 5.97 Å². The van der Waals surface area contributed by atoms with Gasteiger partial charge in [-0.05, 0) is 61.2 Å². The molecule has 2 nitrogen and oxygen atoms in total. The maximum atomic E-state index is 11.9. The highest BCUT2D eigenvalue weighted by Gasteiger charge is 2.67. The first kappa shape index (κ1) is 11.1. The Morgan fingerprint density at radius 1 is 1.28 bits per heavy atom. The van der Waals surface area contributed by atoms with Crippen molar-refractivity contribution in [3.63, 3.8) is 0 Å². The number of aliphatic carboxylic acids is 1. The largest absolute Gasteiger partial charge is 0.481 e. The van der Waals surface area contributed by atoms with Crippen LogP contribution in [0.25, 0.3) is 0 Å². The molecule has 4 bridgehead atoms. The highest BCUT2D eigenvalue weighted by Crippen LogP contribution is 2.71. The van der Waals surface area contributed by atoms with Gasteiger partial charge in [0.15, 0.2) is 0 Å². The lowest BCUT2D eigenvalue weighted by atomic mass is 9.60. The summed E-state index contributed by atoms with van der Waals surface area (Å²) in [6.07, 6.45) is 10.2. The predicted octanol–water partition coefficient (Wildman–Crippen LogP) is 3.34. The molecule has 4 rings (SSSR count). The highest BCUT2D eigenvalue weighted by molar-refractivity contribution is 5.76. The van der Waals surface area contributed by atoms with Gasteiger partial charge < -0.3 is 5.11 Å². The first-order chi connectivity index (χ1) is 8.67. The van der Waals surface area contributed by atoms with Gasteiger partial charge in [-0.25, -0.2) is 0 Å². The van der Waals surface area contributed by atoms with Crippen molar-refractivity contribution in [2.75, 3.05) is 0 Å². The third-order valence-electron chi connectivity index (χ3n) is 6.61. The maximum absolute atomic E-state index is 11.9. The van der Waals surface area contributed by atoms with E-state index in [0.29, 0.717) is 23.7 Å². The molecule has 0 heterocycles. The van der Waals surface area contributed by atoms with Crippen molar-refractivity contribution in [1.29, 1.82) is 0 Å². The zero-order chi connectivity index (χ0) is 12.5. The first-order valence-electron chi connectivity index (χ1n) is 7.59. The van der Waals surface area contributed by atoms with Crippen molar-refractivity contribution in [3.05, 3.63) is 12.2 Å². The Kier molecular flexibility index (Phi) is 2.09. The van der Waals surface area contributed by atoms with Gasteiger partial charge in [-0.3, -0.25) is 4.79 Å². The van der Waals surface area contributed by atoms with E-state index in [1.54, 1.807) is 0 Å². The van der Waals surface area contributed by atoms with Crippen LogP contribution in [0.2, 0.25) is 0 Å². The van der Waals surface area contributed by atoms with Gasteiger partial charge in [0.2, 0.25) is 0 Å². The molecule has 0 radical (unpaired) electrons. The number of carbonyl (C=O) groups is 1. The van der Waals surface area contributed by atoms with E-state index in [0.717, 1.165) is 31.1 Å². The minimum atomic E-state index is -0.498. The number of rotatable bonds is 3. The molecule has 4 aliphatic rings. The summed E-state index contributed by atoms with van der Waals surface area (Å²) in [5.74, 6) is 3.75. The summed E-state index contributed by atoms with van der Waals surface area (Å²) < 4.78 is 0. The van der Waals surface area contributed by atoms with E-state index in [2.05, 4.69) is 19.1 Å². The third kappa shape index (κ3) is 1.08. The molecule has 18 heavy (non-hydrogen) atoms. The van der Waals surface area contributed by atoms with Crippen LogP contribution in [0.1, 0.15) is 39.0 Å². The van der Waals surface area contributed by atoms with Crippen LogP contribution in [0.15, 0.2) is 12.2 Å². The van der Waals surface area contributed by atoms with E-state index in [-0.39, 0.29) is 5.41 Å². The Balaban J connectivity index is 1.72. The Bertz CT molecular complexity index is 427. The normalized spacial score (nSPS) is 55.2. The van der Waals surface area contributed by atoms with E-state index < -0.39 is 5.97 Å².